The predicted molar refractivity (Wildman–Crippen MR) is 133 cm³/mol. The van der Waals surface area contributed by atoms with E-state index in [4.69, 9.17) is 27.9 Å². The van der Waals surface area contributed by atoms with Crippen molar-refractivity contribution >= 4 is 46.5 Å². The molecule has 0 bridgehead atoms. The summed E-state index contributed by atoms with van der Waals surface area (Å²) in [6.07, 6.45) is 3.13. The number of nitrogens with zero attached hydrogens (tertiary/aromatic N) is 1. The minimum absolute atomic E-state index is 0. The van der Waals surface area contributed by atoms with Crippen LogP contribution in [-0.4, -0.2) is 18.2 Å². The molecule has 6 heteroatoms. The van der Waals surface area contributed by atoms with Crippen molar-refractivity contribution in [1.82, 2.24) is 9.88 Å². The van der Waals surface area contributed by atoms with Crippen molar-refractivity contribution in [1.29, 1.82) is 0 Å². The smallest absolute Gasteiger partial charge is 0.122 e. The molecule has 0 amide bonds. The van der Waals surface area contributed by atoms with Gasteiger partial charge in [-0.1, -0.05) is 65.7 Å². The van der Waals surface area contributed by atoms with Crippen LogP contribution in [0.15, 0.2) is 72.9 Å². The maximum atomic E-state index is 6.40. The first-order valence-electron chi connectivity index (χ1n) is 9.99. The number of benzene rings is 3. The highest BCUT2D eigenvalue weighted by Gasteiger charge is 2.10. The summed E-state index contributed by atoms with van der Waals surface area (Å²) in [5, 5.41) is 6.18. The first-order valence-corrected chi connectivity index (χ1v) is 10.7. The van der Waals surface area contributed by atoms with Crippen LogP contribution in [0.3, 0.4) is 0 Å². The molecule has 0 fully saturated rings. The van der Waals surface area contributed by atoms with Crippen LogP contribution in [0.4, 0.5) is 0 Å². The Balaban J connectivity index is 0.00000272. The zero-order chi connectivity index (χ0) is 20.9. The van der Waals surface area contributed by atoms with Crippen LogP contribution in [0, 0.1) is 0 Å². The first-order chi connectivity index (χ1) is 14.7. The molecular weight excluding hydrogens is 451 g/mol. The van der Waals surface area contributed by atoms with E-state index in [9.17, 15) is 0 Å². The minimum Gasteiger partial charge on any atom is -0.496 e. The lowest BCUT2D eigenvalue weighted by Crippen LogP contribution is -2.16. The molecule has 0 aliphatic rings. The topological polar surface area (TPSA) is 26.2 Å². The number of fused-ring (bicyclic) bond motifs is 1. The molecular formula is C25H25Cl3N2O. The highest BCUT2D eigenvalue weighted by molar-refractivity contribution is 6.35. The lowest BCUT2D eigenvalue weighted by molar-refractivity contribution is 0.409. The summed E-state index contributed by atoms with van der Waals surface area (Å²) in [4.78, 5) is 0. The molecule has 1 aromatic heterocycles. The normalized spacial score (nSPS) is 10.8. The van der Waals surface area contributed by atoms with Crippen LogP contribution in [-0.2, 0) is 19.5 Å². The van der Waals surface area contributed by atoms with Crippen LogP contribution < -0.4 is 10.1 Å². The van der Waals surface area contributed by atoms with Crippen LogP contribution in [0.5, 0.6) is 5.75 Å². The Morgan fingerprint density at radius 2 is 1.68 bits per heavy atom. The molecule has 3 aromatic carbocycles. The van der Waals surface area contributed by atoms with Gasteiger partial charge in [-0.15, -0.1) is 12.4 Å². The van der Waals surface area contributed by atoms with E-state index in [1.807, 2.05) is 30.3 Å². The van der Waals surface area contributed by atoms with Gasteiger partial charge in [0.1, 0.15) is 5.75 Å². The van der Waals surface area contributed by atoms with Gasteiger partial charge in [-0.25, -0.2) is 0 Å². The highest BCUT2D eigenvalue weighted by Crippen LogP contribution is 2.26. The maximum absolute atomic E-state index is 6.40. The SMILES string of the molecule is COc1ccccc1CCNCc1cn(Cc2ccc(Cl)cc2Cl)c2ccccc12.Cl. The fourth-order valence-electron chi connectivity index (χ4n) is 3.78. The zero-order valence-electron chi connectivity index (χ0n) is 17.3. The molecule has 0 saturated heterocycles. The monoisotopic (exact) mass is 474 g/mol. The molecule has 4 aromatic rings. The van der Waals surface area contributed by atoms with Gasteiger partial charge in [0.15, 0.2) is 0 Å². The van der Waals surface area contributed by atoms with Gasteiger partial charge in [0.25, 0.3) is 0 Å². The summed E-state index contributed by atoms with van der Waals surface area (Å²) in [6, 6.07) is 22.3. The summed E-state index contributed by atoms with van der Waals surface area (Å²) in [7, 11) is 1.72. The first kappa shape index (κ1) is 23.5. The number of hydrogen-bond donors (Lipinski definition) is 1. The lowest BCUT2D eigenvalue weighted by atomic mass is 10.1. The molecule has 162 valence electrons. The molecule has 0 aliphatic carbocycles. The third-order valence-corrected chi connectivity index (χ3v) is 5.89. The minimum atomic E-state index is 0. The summed E-state index contributed by atoms with van der Waals surface area (Å²) in [5.74, 6) is 0.941. The Hall–Kier alpha value is -2.17. The highest BCUT2D eigenvalue weighted by atomic mass is 35.5. The van der Waals surface area contributed by atoms with Gasteiger partial charge in [0.05, 0.1) is 7.11 Å². The van der Waals surface area contributed by atoms with Crippen molar-refractivity contribution in [3.8, 4) is 5.75 Å². The summed E-state index contributed by atoms with van der Waals surface area (Å²) >= 11 is 12.4. The Labute approximate surface area is 199 Å². The number of ether oxygens (including phenoxy) is 1. The number of methoxy groups -OCH3 is 1. The van der Waals surface area contributed by atoms with Gasteiger partial charge in [-0.3, -0.25) is 0 Å². The van der Waals surface area contributed by atoms with Crippen molar-refractivity contribution in [2.45, 2.75) is 19.5 Å². The summed E-state index contributed by atoms with van der Waals surface area (Å²) in [5.41, 5.74) is 4.74. The number of rotatable bonds is 8. The van der Waals surface area contributed by atoms with Crippen LogP contribution in [0.25, 0.3) is 10.9 Å². The molecule has 1 N–H and O–H groups in total. The van der Waals surface area contributed by atoms with E-state index in [2.05, 4.69) is 46.4 Å². The van der Waals surface area contributed by atoms with Crippen molar-refractivity contribution in [3.05, 3.63) is 99.7 Å². The Morgan fingerprint density at radius 3 is 2.48 bits per heavy atom. The summed E-state index contributed by atoms with van der Waals surface area (Å²) < 4.78 is 7.70. The molecule has 0 saturated carbocycles. The second-order valence-electron chi connectivity index (χ2n) is 7.27. The molecule has 3 nitrogen and oxygen atoms in total. The number of hydrogen-bond acceptors (Lipinski definition) is 2. The van der Waals surface area contributed by atoms with Crippen LogP contribution >= 0.6 is 35.6 Å². The number of para-hydroxylation sites is 2. The van der Waals surface area contributed by atoms with Gasteiger partial charge in [-0.05, 0) is 53.9 Å². The Kier molecular flexibility index (Phi) is 8.28. The van der Waals surface area contributed by atoms with Crippen molar-refractivity contribution < 1.29 is 4.74 Å². The second-order valence-corrected chi connectivity index (χ2v) is 8.12. The van der Waals surface area contributed by atoms with E-state index in [0.29, 0.717) is 16.6 Å². The van der Waals surface area contributed by atoms with Crippen LogP contribution in [0.2, 0.25) is 10.0 Å². The molecule has 1 heterocycles. The lowest BCUT2D eigenvalue weighted by Gasteiger charge is -2.09. The van der Waals surface area contributed by atoms with Crippen LogP contribution in [0.1, 0.15) is 16.7 Å². The van der Waals surface area contributed by atoms with Gasteiger partial charge < -0.3 is 14.6 Å². The van der Waals surface area contributed by atoms with E-state index < -0.39 is 0 Å². The third kappa shape index (κ3) is 5.55. The second kappa shape index (κ2) is 10.9. The van der Waals surface area contributed by atoms with Gasteiger partial charge in [-0.2, -0.15) is 0 Å². The molecule has 0 radical (unpaired) electrons. The maximum Gasteiger partial charge on any atom is 0.122 e. The van der Waals surface area contributed by atoms with Crippen molar-refractivity contribution in [2.24, 2.45) is 0 Å². The molecule has 0 aliphatic heterocycles. The molecule has 31 heavy (non-hydrogen) atoms. The molecule has 4 rings (SSSR count). The zero-order valence-corrected chi connectivity index (χ0v) is 19.6. The Bertz CT molecular complexity index is 1160. The fourth-order valence-corrected chi connectivity index (χ4v) is 4.25. The van der Waals surface area contributed by atoms with Crippen molar-refractivity contribution in [2.75, 3.05) is 13.7 Å². The fraction of sp³-hybridized carbons (Fsp3) is 0.200. The van der Waals surface area contributed by atoms with Gasteiger partial charge >= 0.3 is 0 Å². The van der Waals surface area contributed by atoms with Gasteiger partial charge in [0.2, 0.25) is 0 Å². The average Bonchev–Trinajstić information content (AvgIpc) is 3.11. The number of aromatic nitrogens is 1. The largest absolute Gasteiger partial charge is 0.496 e. The standard InChI is InChI=1S/C25H24Cl2N2O.ClH/c1-30-25-9-5-2-6-18(25)12-13-28-15-20-17-29(24-8-4-3-7-22(20)24)16-19-10-11-21(26)14-23(19)27;/h2-11,14,17,28H,12-13,15-16H2,1H3;1H. The summed E-state index contributed by atoms with van der Waals surface area (Å²) in [6.45, 7) is 2.39. The quantitative estimate of drug-likeness (QED) is 0.285. The molecule has 0 unspecified atom stereocenters. The predicted octanol–water partition coefficient (Wildman–Crippen LogP) is 6.76. The van der Waals surface area contributed by atoms with Gasteiger partial charge in [0, 0.05) is 40.2 Å². The average molecular weight is 476 g/mol. The van der Waals surface area contributed by atoms with E-state index in [1.165, 1.54) is 22.0 Å². The number of halogens is 3. The van der Waals surface area contributed by atoms with E-state index in [-0.39, 0.29) is 12.4 Å². The Morgan fingerprint density at radius 1 is 0.903 bits per heavy atom. The van der Waals surface area contributed by atoms with E-state index >= 15 is 0 Å². The number of nitrogens with one attached hydrogen (secondary N) is 1. The third-order valence-electron chi connectivity index (χ3n) is 5.31. The molecule has 0 atom stereocenters. The van der Waals surface area contributed by atoms with Crippen molar-refractivity contribution in [3.63, 3.8) is 0 Å². The van der Waals surface area contributed by atoms with E-state index in [1.54, 1.807) is 13.2 Å². The molecule has 0 spiro atoms. The van der Waals surface area contributed by atoms with E-state index in [0.717, 1.165) is 30.8 Å².